The molecule has 4 heteroatoms. The number of hydrogen-bond acceptors (Lipinski definition) is 2. The number of aromatic nitrogens is 2. The van der Waals surface area contributed by atoms with Gasteiger partial charge in [0.05, 0.1) is 22.8 Å². The molecule has 2 aromatic heterocycles. The van der Waals surface area contributed by atoms with Crippen LogP contribution in [0.5, 0.6) is 0 Å². The lowest BCUT2D eigenvalue weighted by Crippen LogP contribution is -2.13. The standard InChI is InChI=1S/C32H34N4/c1-21-19-29(25-11-7-5-8-12-25)35(31(21)27-15-16-27)33-23(3)24(4)34-36-30(26-13-9-6-10-14-26)20-22(2)32(36)28-17-18-28/h5-14,19-20,27-28H,15-18H2,1-4H3/b33-23+,34-24+. The Balaban J connectivity index is 1.45. The molecule has 2 saturated carbocycles. The quantitative estimate of drug-likeness (QED) is 0.242. The van der Waals surface area contributed by atoms with E-state index >= 15 is 0 Å². The molecule has 0 unspecified atom stereocenters. The first-order valence-electron chi connectivity index (χ1n) is 13.2. The number of hydrogen-bond donors (Lipinski definition) is 0. The molecule has 2 aliphatic rings. The van der Waals surface area contributed by atoms with Crippen LogP contribution in [-0.2, 0) is 0 Å². The van der Waals surface area contributed by atoms with Gasteiger partial charge in [-0.25, -0.2) is 9.35 Å². The monoisotopic (exact) mass is 474 g/mol. The fraction of sp³-hybridized carbons (Fsp3) is 0.312. The van der Waals surface area contributed by atoms with Gasteiger partial charge in [0.2, 0.25) is 0 Å². The van der Waals surface area contributed by atoms with E-state index in [1.807, 2.05) is 0 Å². The molecule has 0 atom stereocenters. The summed E-state index contributed by atoms with van der Waals surface area (Å²) in [4.78, 5) is 0. The zero-order chi connectivity index (χ0) is 24.8. The molecule has 6 rings (SSSR count). The molecule has 2 heterocycles. The van der Waals surface area contributed by atoms with Crippen molar-refractivity contribution in [1.29, 1.82) is 0 Å². The largest absolute Gasteiger partial charge is 0.236 e. The van der Waals surface area contributed by atoms with E-state index in [-0.39, 0.29) is 0 Å². The van der Waals surface area contributed by atoms with Crippen LogP contribution in [0, 0.1) is 13.8 Å². The first-order valence-corrected chi connectivity index (χ1v) is 13.2. The molecule has 182 valence electrons. The van der Waals surface area contributed by atoms with Crippen molar-refractivity contribution in [2.75, 3.05) is 0 Å². The third kappa shape index (κ3) is 4.26. The molecule has 2 aliphatic carbocycles. The minimum Gasteiger partial charge on any atom is -0.236 e. The maximum atomic E-state index is 5.20. The highest BCUT2D eigenvalue weighted by atomic mass is 15.4. The second-order valence-electron chi connectivity index (χ2n) is 10.5. The fourth-order valence-corrected chi connectivity index (χ4v) is 5.27. The average Bonchev–Trinajstić information content (AvgIpc) is 3.83. The van der Waals surface area contributed by atoms with Crippen molar-refractivity contribution in [2.45, 2.75) is 65.2 Å². The highest BCUT2D eigenvalue weighted by Gasteiger charge is 2.31. The van der Waals surface area contributed by atoms with E-state index in [4.69, 9.17) is 10.2 Å². The number of aryl methyl sites for hydroxylation is 2. The van der Waals surface area contributed by atoms with Crippen LogP contribution < -0.4 is 0 Å². The first kappa shape index (κ1) is 22.8. The van der Waals surface area contributed by atoms with E-state index in [0.29, 0.717) is 11.8 Å². The van der Waals surface area contributed by atoms with Gasteiger partial charge >= 0.3 is 0 Å². The second-order valence-corrected chi connectivity index (χ2v) is 10.5. The summed E-state index contributed by atoms with van der Waals surface area (Å²) in [6.45, 7) is 8.63. The Kier molecular flexibility index (Phi) is 5.75. The van der Waals surface area contributed by atoms with Crippen molar-refractivity contribution in [1.82, 2.24) is 9.35 Å². The van der Waals surface area contributed by atoms with Crippen LogP contribution in [0.1, 0.15) is 73.9 Å². The van der Waals surface area contributed by atoms with Crippen molar-refractivity contribution in [2.24, 2.45) is 10.2 Å². The van der Waals surface area contributed by atoms with Gasteiger partial charge in [-0.1, -0.05) is 60.7 Å². The van der Waals surface area contributed by atoms with Gasteiger partial charge in [0.15, 0.2) is 0 Å². The molecule has 4 nitrogen and oxygen atoms in total. The van der Waals surface area contributed by atoms with Gasteiger partial charge < -0.3 is 0 Å². The zero-order valence-corrected chi connectivity index (χ0v) is 21.7. The van der Waals surface area contributed by atoms with E-state index in [1.54, 1.807) is 0 Å². The van der Waals surface area contributed by atoms with Crippen LogP contribution in [0.3, 0.4) is 0 Å². The smallest absolute Gasteiger partial charge is 0.0812 e. The molecule has 2 aromatic carbocycles. The van der Waals surface area contributed by atoms with Crippen LogP contribution >= 0.6 is 0 Å². The van der Waals surface area contributed by atoms with E-state index < -0.39 is 0 Å². The summed E-state index contributed by atoms with van der Waals surface area (Å²) < 4.78 is 4.38. The lowest BCUT2D eigenvalue weighted by Gasteiger charge is -2.12. The molecule has 4 aromatic rings. The Hall–Kier alpha value is -3.66. The topological polar surface area (TPSA) is 34.6 Å². The van der Waals surface area contributed by atoms with E-state index in [9.17, 15) is 0 Å². The molecule has 0 radical (unpaired) electrons. The molecule has 0 saturated heterocycles. The highest BCUT2D eigenvalue weighted by molar-refractivity contribution is 6.40. The average molecular weight is 475 g/mol. The minimum atomic E-state index is 0.606. The normalized spacial score (nSPS) is 16.6. The molecule has 36 heavy (non-hydrogen) atoms. The summed E-state index contributed by atoms with van der Waals surface area (Å²) in [5, 5.41) is 10.4. The van der Waals surface area contributed by atoms with Crippen LogP contribution in [0.25, 0.3) is 22.5 Å². The Morgan fingerprint density at radius 3 is 1.31 bits per heavy atom. The summed E-state index contributed by atoms with van der Waals surface area (Å²) in [5.74, 6) is 1.21. The van der Waals surface area contributed by atoms with Gasteiger partial charge in [-0.05, 0) is 76.6 Å². The molecule has 2 fully saturated rings. The molecular weight excluding hydrogens is 440 g/mol. The van der Waals surface area contributed by atoms with Gasteiger partial charge in [0, 0.05) is 34.4 Å². The summed E-state index contributed by atoms with van der Waals surface area (Å²) in [5.41, 5.74) is 11.9. The van der Waals surface area contributed by atoms with Crippen LogP contribution in [-0.4, -0.2) is 20.8 Å². The van der Waals surface area contributed by atoms with Crippen molar-refractivity contribution in [3.05, 3.63) is 95.3 Å². The summed E-state index contributed by atoms with van der Waals surface area (Å²) in [6, 6.07) is 25.8. The van der Waals surface area contributed by atoms with Crippen LogP contribution in [0.2, 0.25) is 0 Å². The Morgan fingerprint density at radius 2 is 0.972 bits per heavy atom. The van der Waals surface area contributed by atoms with Crippen LogP contribution in [0.15, 0.2) is 83.0 Å². The first-order chi connectivity index (χ1) is 17.5. The maximum absolute atomic E-state index is 5.20. The van der Waals surface area contributed by atoms with E-state index in [0.717, 1.165) is 22.8 Å². The Labute approximate surface area is 214 Å². The number of nitrogens with zero attached hydrogens (tertiary/aromatic N) is 4. The Morgan fingerprint density at radius 1 is 0.611 bits per heavy atom. The van der Waals surface area contributed by atoms with E-state index in [1.165, 1.54) is 59.3 Å². The Bertz CT molecular complexity index is 1350. The predicted octanol–water partition coefficient (Wildman–Crippen LogP) is 8.14. The predicted molar refractivity (Wildman–Crippen MR) is 150 cm³/mol. The molecule has 0 bridgehead atoms. The van der Waals surface area contributed by atoms with Crippen molar-refractivity contribution in [3.63, 3.8) is 0 Å². The van der Waals surface area contributed by atoms with Gasteiger partial charge in [-0.3, -0.25) is 0 Å². The van der Waals surface area contributed by atoms with Crippen LogP contribution in [0.4, 0.5) is 0 Å². The lowest BCUT2D eigenvalue weighted by atomic mass is 10.1. The third-order valence-corrected chi connectivity index (χ3v) is 7.52. The van der Waals surface area contributed by atoms with Crippen molar-refractivity contribution in [3.8, 4) is 22.5 Å². The molecule has 0 aliphatic heterocycles. The summed E-state index contributed by atoms with van der Waals surface area (Å²) >= 11 is 0. The lowest BCUT2D eigenvalue weighted by molar-refractivity contribution is 0.798. The fourth-order valence-electron chi connectivity index (χ4n) is 5.27. The van der Waals surface area contributed by atoms with Crippen molar-refractivity contribution < 1.29 is 0 Å². The zero-order valence-electron chi connectivity index (χ0n) is 21.7. The number of rotatable bonds is 7. The van der Waals surface area contributed by atoms with Gasteiger partial charge in [0.25, 0.3) is 0 Å². The number of benzene rings is 2. The third-order valence-electron chi connectivity index (χ3n) is 7.52. The molecular formula is C32H34N4. The SMILES string of the molecule is CC(=N\n1c(-c2ccccc2)cc(C)c1C1CC1)/C(C)=N/n1c(-c2ccccc2)cc(C)c1C1CC1. The minimum absolute atomic E-state index is 0.606. The summed E-state index contributed by atoms with van der Waals surface area (Å²) in [7, 11) is 0. The summed E-state index contributed by atoms with van der Waals surface area (Å²) in [6.07, 6.45) is 4.98. The molecule has 0 N–H and O–H groups in total. The van der Waals surface area contributed by atoms with Gasteiger partial charge in [-0.2, -0.15) is 10.2 Å². The molecule has 0 spiro atoms. The van der Waals surface area contributed by atoms with Gasteiger partial charge in [-0.15, -0.1) is 0 Å². The van der Waals surface area contributed by atoms with Gasteiger partial charge in [0.1, 0.15) is 0 Å². The highest BCUT2D eigenvalue weighted by Crippen LogP contribution is 2.45. The van der Waals surface area contributed by atoms with Crippen molar-refractivity contribution >= 4 is 11.4 Å². The maximum Gasteiger partial charge on any atom is 0.0812 e. The second kappa shape index (κ2) is 9.09. The molecule has 0 amide bonds. The van der Waals surface area contributed by atoms with E-state index in [2.05, 4.69) is 110 Å².